The van der Waals surface area contributed by atoms with E-state index < -0.39 is 34.9 Å². The number of nitrogens with zero attached hydrogens (tertiary/aromatic N) is 2. The van der Waals surface area contributed by atoms with Gasteiger partial charge in [-0.25, -0.2) is 14.1 Å². The first-order chi connectivity index (χ1) is 11.8. The topological polar surface area (TPSA) is 107 Å². The minimum Gasteiger partial charge on any atom is -0.298 e. The molecule has 1 saturated heterocycles. The van der Waals surface area contributed by atoms with Crippen molar-refractivity contribution in [1.29, 1.82) is 5.26 Å². The van der Waals surface area contributed by atoms with Gasteiger partial charge in [-0.15, -0.1) is 0 Å². The Hall–Kier alpha value is -3.34. The van der Waals surface area contributed by atoms with Gasteiger partial charge < -0.3 is 0 Å². The number of allylic oxidation sites excluding steroid dienone is 2. The zero-order valence-corrected chi connectivity index (χ0v) is 13.5. The number of nitriles is 1. The van der Waals surface area contributed by atoms with E-state index >= 15 is 0 Å². The van der Waals surface area contributed by atoms with Gasteiger partial charge in [0.05, 0.1) is 11.3 Å². The van der Waals surface area contributed by atoms with Gasteiger partial charge in [0.2, 0.25) is 0 Å². The van der Waals surface area contributed by atoms with Gasteiger partial charge in [0.1, 0.15) is 11.9 Å². The SMILES string of the molecule is CC=CCC1(C(C)=O)C(=O)NC(=O)N(c2ccc(F)c(C#N)c2)C1=O. The van der Waals surface area contributed by atoms with E-state index in [0.29, 0.717) is 4.90 Å². The Morgan fingerprint density at radius 2 is 2.08 bits per heavy atom. The standard InChI is InChI=1S/C17H14FN3O4/c1-3-4-7-17(10(2)22)14(23)20-16(25)21(15(17)24)12-5-6-13(18)11(8-12)9-19/h3-6,8H,7H2,1-2H3,(H,20,23,25). The number of carbonyl (C=O) groups excluding carboxylic acids is 4. The van der Waals surface area contributed by atoms with Crippen molar-refractivity contribution < 1.29 is 23.6 Å². The molecule has 4 amide bonds. The number of hydrogen-bond donors (Lipinski definition) is 1. The zero-order valence-electron chi connectivity index (χ0n) is 13.5. The highest BCUT2D eigenvalue weighted by molar-refractivity contribution is 6.37. The fraction of sp³-hybridized carbons (Fsp3) is 0.235. The predicted octanol–water partition coefficient (Wildman–Crippen LogP) is 1.82. The minimum atomic E-state index is -2.10. The molecule has 2 rings (SSSR count). The van der Waals surface area contributed by atoms with Gasteiger partial charge in [-0.1, -0.05) is 12.2 Å². The molecule has 7 nitrogen and oxygen atoms in total. The molecule has 1 aliphatic rings. The molecular weight excluding hydrogens is 329 g/mol. The second kappa shape index (κ2) is 6.65. The third kappa shape index (κ3) is 2.80. The third-order valence-corrected chi connectivity index (χ3v) is 3.97. The lowest BCUT2D eigenvalue weighted by molar-refractivity contribution is -0.149. The second-order valence-corrected chi connectivity index (χ2v) is 5.41. The molecule has 128 valence electrons. The van der Waals surface area contributed by atoms with Crippen LogP contribution in [-0.4, -0.2) is 23.6 Å². The number of carbonyl (C=O) groups is 4. The minimum absolute atomic E-state index is 0.112. The lowest BCUT2D eigenvalue weighted by Crippen LogP contribution is -2.66. The number of hydrogen-bond acceptors (Lipinski definition) is 5. The fourth-order valence-corrected chi connectivity index (χ4v) is 2.54. The normalized spacial score (nSPS) is 20.6. The van der Waals surface area contributed by atoms with Crippen LogP contribution in [0.4, 0.5) is 14.9 Å². The smallest absolute Gasteiger partial charge is 0.298 e. The van der Waals surface area contributed by atoms with Crippen LogP contribution in [0, 0.1) is 22.6 Å². The van der Waals surface area contributed by atoms with Crippen molar-refractivity contribution in [3.05, 3.63) is 41.7 Å². The quantitative estimate of drug-likeness (QED) is 0.663. The van der Waals surface area contributed by atoms with E-state index in [1.165, 1.54) is 6.08 Å². The molecule has 0 saturated carbocycles. The lowest BCUT2D eigenvalue weighted by Gasteiger charge is -2.37. The van der Waals surface area contributed by atoms with Crippen molar-refractivity contribution in [1.82, 2.24) is 5.32 Å². The van der Waals surface area contributed by atoms with Crippen molar-refractivity contribution >= 4 is 29.3 Å². The summed E-state index contributed by atoms with van der Waals surface area (Å²) in [4.78, 5) is 50.1. The van der Waals surface area contributed by atoms with E-state index in [1.807, 2.05) is 5.32 Å². The predicted molar refractivity (Wildman–Crippen MR) is 84.7 cm³/mol. The van der Waals surface area contributed by atoms with E-state index in [0.717, 1.165) is 25.1 Å². The lowest BCUT2D eigenvalue weighted by atomic mass is 9.76. The summed E-state index contributed by atoms with van der Waals surface area (Å²) in [6, 6.07) is 3.58. The van der Waals surface area contributed by atoms with Gasteiger partial charge in [-0.2, -0.15) is 5.26 Å². The number of Topliss-reactive ketones (excluding diaryl/α,β-unsaturated/α-hetero) is 1. The molecule has 0 aliphatic carbocycles. The summed E-state index contributed by atoms with van der Waals surface area (Å²) in [6.45, 7) is 2.74. The average molecular weight is 343 g/mol. The average Bonchev–Trinajstić information content (AvgIpc) is 2.56. The number of ketones is 1. The summed E-state index contributed by atoms with van der Waals surface area (Å²) in [5.74, 6) is -3.60. The van der Waals surface area contributed by atoms with Crippen LogP contribution >= 0.6 is 0 Å². The number of rotatable bonds is 4. The maximum Gasteiger partial charge on any atom is 0.335 e. The Morgan fingerprint density at radius 3 is 2.64 bits per heavy atom. The largest absolute Gasteiger partial charge is 0.335 e. The Morgan fingerprint density at radius 1 is 1.40 bits per heavy atom. The molecule has 1 heterocycles. The first-order valence-electron chi connectivity index (χ1n) is 7.31. The molecule has 1 atom stereocenters. The maximum absolute atomic E-state index is 13.5. The van der Waals surface area contributed by atoms with Crippen molar-refractivity contribution in [3.63, 3.8) is 0 Å². The van der Waals surface area contributed by atoms with Crippen LogP contribution in [0.2, 0.25) is 0 Å². The van der Waals surface area contributed by atoms with Gasteiger partial charge in [0.15, 0.2) is 11.2 Å². The first kappa shape index (κ1) is 18.0. The Bertz CT molecular complexity index is 856. The molecular formula is C17H14FN3O4. The van der Waals surface area contributed by atoms with Crippen molar-refractivity contribution in [2.45, 2.75) is 20.3 Å². The van der Waals surface area contributed by atoms with Gasteiger partial charge in [0, 0.05) is 0 Å². The number of urea groups is 1. The summed E-state index contributed by atoms with van der Waals surface area (Å²) in [5.41, 5.74) is -2.59. The summed E-state index contributed by atoms with van der Waals surface area (Å²) < 4.78 is 13.5. The molecule has 1 fully saturated rings. The van der Waals surface area contributed by atoms with E-state index in [1.54, 1.807) is 19.1 Å². The highest BCUT2D eigenvalue weighted by Crippen LogP contribution is 2.34. The Balaban J connectivity index is 2.61. The number of halogens is 1. The molecule has 1 N–H and O–H groups in total. The monoisotopic (exact) mass is 343 g/mol. The van der Waals surface area contributed by atoms with E-state index in [9.17, 15) is 23.6 Å². The van der Waals surface area contributed by atoms with Gasteiger partial charge in [-0.05, 0) is 38.5 Å². The zero-order chi connectivity index (χ0) is 18.8. The van der Waals surface area contributed by atoms with Crippen molar-refractivity contribution in [3.8, 4) is 6.07 Å². The summed E-state index contributed by atoms with van der Waals surface area (Å²) in [5, 5.41) is 10.9. The van der Waals surface area contributed by atoms with E-state index in [-0.39, 0.29) is 17.7 Å². The molecule has 1 aromatic carbocycles. The van der Waals surface area contributed by atoms with Gasteiger partial charge in [-0.3, -0.25) is 19.7 Å². The van der Waals surface area contributed by atoms with Crippen LogP contribution in [0.1, 0.15) is 25.8 Å². The highest BCUT2D eigenvalue weighted by atomic mass is 19.1. The van der Waals surface area contributed by atoms with E-state index in [2.05, 4.69) is 0 Å². The molecule has 8 heteroatoms. The molecule has 1 unspecified atom stereocenters. The molecule has 1 aliphatic heterocycles. The molecule has 25 heavy (non-hydrogen) atoms. The molecule has 0 bridgehead atoms. The maximum atomic E-state index is 13.5. The third-order valence-electron chi connectivity index (χ3n) is 3.97. The van der Waals surface area contributed by atoms with E-state index in [4.69, 9.17) is 5.26 Å². The summed E-state index contributed by atoms with van der Waals surface area (Å²) in [7, 11) is 0. The van der Waals surface area contributed by atoms with Crippen LogP contribution in [0.3, 0.4) is 0 Å². The number of imide groups is 2. The molecule has 0 aromatic heterocycles. The van der Waals surface area contributed by atoms with Gasteiger partial charge >= 0.3 is 6.03 Å². The van der Waals surface area contributed by atoms with Gasteiger partial charge in [0.25, 0.3) is 11.8 Å². The number of benzene rings is 1. The molecule has 0 spiro atoms. The number of amides is 4. The first-order valence-corrected chi connectivity index (χ1v) is 7.31. The summed E-state index contributed by atoms with van der Waals surface area (Å²) in [6.07, 6.45) is 2.81. The number of anilines is 1. The van der Waals surface area contributed by atoms with Crippen molar-refractivity contribution in [2.24, 2.45) is 5.41 Å². The van der Waals surface area contributed by atoms with Crippen molar-refractivity contribution in [2.75, 3.05) is 4.90 Å². The number of nitrogens with one attached hydrogen (secondary N) is 1. The fourth-order valence-electron chi connectivity index (χ4n) is 2.54. The second-order valence-electron chi connectivity index (χ2n) is 5.41. The van der Waals surface area contributed by atoms with Crippen LogP contribution in [0.15, 0.2) is 30.4 Å². The summed E-state index contributed by atoms with van der Waals surface area (Å²) >= 11 is 0. The van der Waals surface area contributed by atoms with Crippen LogP contribution < -0.4 is 10.2 Å². The molecule has 1 aromatic rings. The van der Waals surface area contributed by atoms with Crippen LogP contribution in [-0.2, 0) is 14.4 Å². The van der Waals surface area contributed by atoms with Crippen LogP contribution in [0.5, 0.6) is 0 Å². The highest BCUT2D eigenvalue weighted by Gasteiger charge is 2.57. The Labute approximate surface area is 142 Å². The Kier molecular flexibility index (Phi) is 4.79. The van der Waals surface area contributed by atoms with Crippen LogP contribution in [0.25, 0.3) is 0 Å². The molecule has 0 radical (unpaired) electrons. The number of barbiturate groups is 1.